The maximum Gasteiger partial charge on any atom is 0.422 e. The number of carbonyl (C=O) groups excluding carboxylic acids is 1. The molecule has 3 N–H and O–H groups in total. The van der Waals surface area contributed by atoms with Crippen molar-refractivity contribution < 1.29 is 31.9 Å². The molecule has 0 unspecified atom stereocenters. The van der Waals surface area contributed by atoms with E-state index in [1.54, 1.807) is 0 Å². The third kappa shape index (κ3) is 4.66. The topological polar surface area (TPSA) is 86.7 Å². The third-order valence-corrected chi connectivity index (χ3v) is 2.93. The number of alkyl halides is 3. The summed E-state index contributed by atoms with van der Waals surface area (Å²) in [4.78, 5) is 12.1. The molecule has 1 aromatic heterocycles. The van der Waals surface area contributed by atoms with Crippen LogP contribution in [0.15, 0.2) is 34.9 Å². The summed E-state index contributed by atoms with van der Waals surface area (Å²) in [5, 5.41) is 2.53. The molecule has 0 aliphatic heterocycles. The number of nitrogens with one attached hydrogen (secondary N) is 1. The van der Waals surface area contributed by atoms with Crippen LogP contribution < -0.4 is 20.5 Å². The predicted molar refractivity (Wildman–Crippen MR) is 79.1 cm³/mol. The second-order valence-corrected chi connectivity index (χ2v) is 4.73. The van der Waals surface area contributed by atoms with Gasteiger partial charge in [-0.15, -0.1) is 0 Å². The molecule has 1 amide bonds. The van der Waals surface area contributed by atoms with E-state index in [0.717, 1.165) is 0 Å². The molecule has 0 atom stereocenters. The van der Waals surface area contributed by atoms with Crippen LogP contribution in [-0.2, 0) is 6.54 Å². The lowest BCUT2D eigenvalue weighted by Crippen LogP contribution is -2.19. The van der Waals surface area contributed by atoms with Gasteiger partial charge in [0, 0.05) is 11.8 Å². The first-order valence-electron chi connectivity index (χ1n) is 6.79. The summed E-state index contributed by atoms with van der Waals surface area (Å²) in [6, 6.07) is 5.58. The van der Waals surface area contributed by atoms with Crippen molar-refractivity contribution in [2.45, 2.75) is 12.7 Å². The van der Waals surface area contributed by atoms with Crippen LogP contribution in [0.2, 0.25) is 0 Å². The molecule has 0 radical (unpaired) electrons. The molecule has 24 heavy (non-hydrogen) atoms. The van der Waals surface area contributed by atoms with Crippen molar-refractivity contribution >= 4 is 11.6 Å². The van der Waals surface area contributed by atoms with Crippen LogP contribution in [0.4, 0.5) is 18.9 Å². The van der Waals surface area contributed by atoms with Crippen molar-refractivity contribution in [1.29, 1.82) is 0 Å². The molecule has 0 spiro atoms. The first-order valence-corrected chi connectivity index (χ1v) is 6.79. The van der Waals surface area contributed by atoms with Crippen LogP contribution in [0, 0.1) is 0 Å². The van der Waals surface area contributed by atoms with Crippen LogP contribution in [0.1, 0.15) is 16.1 Å². The number of methoxy groups -OCH3 is 1. The predicted octanol–water partition coefficient (Wildman–Crippen LogP) is 2.94. The normalized spacial score (nSPS) is 11.2. The summed E-state index contributed by atoms with van der Waals surface area (Å²) in [5.74, 6) is -0.0806. The Morgan fingerprint density at radius 1 is 1.29 bits per heavy atom. The number of rotatable bonds is 6. The Kier molecular flexibility index (Phi) is 5.35. The number of benzene rings is 1. The SMILES string of the molecule is COc1ccc(NC(=O)c2coc(CN)c2)cc1OCC(F)(F)F. The van der Waals surface area contributed by atoms with Gasteiger partial charge in [0.05, 0.1) is 19.2 Å². The monoisotopic (exact) mass is 344 g/mol. The van der Waals surface area contributed by atoms with E-state index in [9.17, 15) is 18.0 Å². The second-order valence-electron chi connectivity index (χ2n) is 4.73. The summed E-state index contributed by atoms with van der Waals surface area (Å²) >= 11 is 0. The van der Waals surface area contributed by atoms with Gasteiger partial charge in [-0.25, -0.2) is 0 Å². The maximum absolute atomic E-state index is 12.3. The van der Waals surface area contributed by atoms with E-state index in [4.69, 9.17) is 19.6 Å². The highest BCUT2D eigenvalue weighted by Gasteiger charge is 2.29. The van der Waals surface area contributed by atoms with Gasteiger partial charge in [0.1, 0.15) is 12.0 Å². The molecule has 0 fully saturated rings. The van der Waals surface area contributed by atoms with E-state index in [2.05, 4.69) is 5.32 Å². The molecule has 9 heteroatoms. The van der Waals surface area contributed by atoms with Gasteiger partial charge in [0.25, 0.3) is 5.91 Å². The van der Waals surface area contributed by atoms with Crippen molar-refractivity contribution in [3.8, 4) is 11.5 Å². The van der Waals surface area contributed by atoms with Gasteiger partial charge >= 0.3 is 6.18 Å². The Labute approximate surface area is 135 Å². The average molecular weight is 344 g/mol. The molecule has 1 aromatic carbocycles. The smallest absolute Gasteiger partial charge is 0.422 e. The lowest BCUT2D eigenvalue weighted by Gasteiger charge is -2.14. The van der Waals surface area contributed by atoms with Crippen molar-refractivity contribution in [1.82, 2.24) is 0 Å². The quantitative estimate of drug-likeness (QED) is 0.841. The number of carbonyl (C=O) groups is 1. The molecule has 0 aliphatic carbocycles. The molecule has 2 rings (SSSR count). The largest absolute Gasteiger partial charge is 0.493 e. The molecule has 2 aromatic rings. The molecule has 0 bridgehead atoms. The van der Waals surface area contributed by atoms with E-state index in [-0.39, 0.29) is 29.3 Å². The number of hydrogen-bond acceptors (Lipinski definition) is 5. The summed E-state index contributed by atoms with van der Waals surface area (Å²) in [5.41, 5.74) is 5.87. The van der Waals surface area contributed by atoms with E-state index in [1.807, 2.05) is 0 Å². The first-order chi connectivity index (χ1) is 11.3. The zero-order chi connectivity index (χ0) is 17.7. The lowest BCUT2D eigenvalue weighted by molar-refractivity contribution is -0.153. The van der Waals surface area contributed by atoms with Crippen molar-refractivity contribution in [3.63, 3.8) is 0 Å². The fourth-order valence-electron chi connectivity index (χ4n) is 1.84. The van der Waals surface area contributed by atoms with Crippen molar-refractivity contribution in [2.75, 3.05) is 19.0 Å². The number of halogens is 3. The highest BCUT2D eigenvalue weighted by Crippen LogP contribution is 2.31. The molecule has 0 saturated carbocycles. The molecule has 6 nitrogen and oxygen atoms in total. The van der Waals surface area contributed by atoms with E-state index < -0.39 is 18.7 Å². The minimum absolute atomic E-state index is 0.117. The molecule has 0 saturated heterocycles. The number of hydrogen-bond donors (Lipinski definition) is 2. The summed E-state index contributed by atoms with van der Waals surface area (Å²) in [6.45, 7) is -1.33. The number of anilines is 1. The summed E-state index contributed by atoms with van der Waals surface area (Å²) in [7, 11) is 1.30. The molecular weight excluding hydrogens is 329 g/mol. The van der Waals surface area contributed by atoms with Gasteiger partial charge in [-0.2, -0.15) is 13.2 Å². The third-order valence-electron chi connectivity index (χ3n) is 2.93. The minimum atomic E-state index is -4.49. The van der Waals surface area contributed by atoms with Crippen molar-refractivity contribution in [3.05, 3.63) is 41.9 Å². The van der Waals surface area contributed by atoms with Crippen LogP contribution in [-0.4, -0.2) is 25.8 Å². The Hall–Kier alpha value is -2.68. The standard InChI is InChI=1S/C15H15F3N2O4/c1-22-12-3-2-10(5-13(12)24-8-15(16,17)18)20-14(21)9-4-11(6-19)23-7-9/h2-5,7H,6,8,19H2,1H3,(H,20,21). The lowest BCUT2D eigenvalue weighted by atomic mass is 10.2. The average Bonchev–Trinajstić information content (AvgIpc) is 3.01. The molecule has 0 aliphatic rings. The molecule has 130 valence electrons. The van der Waals surface area contributed by atoms with E-state index in [1.165, 1.54) is 37.6 Å². The zero-order valence-corrected chi connectivity index (χ0v) is 12.6. The first kappa shape index (κ1) is 17.7. The maximum atomic E-state index is 12.3. The fraction of sp³-hybridized carbons (Fsp3) is 0.267. The van der Waals surface area contributed by atoms with Gasteiger partial charge < -0.3 is 24.9 Å². The Morgan fingerprint density at radius 2 is 2.04 bits per heavy atom. The van der Waals surface area contributed by atoms with Gasteiger partial charge in [-0.1, -0.05) is 0 Å². The van der Waals surface area contributed by atoms with Crippen LogP contribution >= 0.6 is 0 Å². The zero-order valence-electron chi connectivity index (χ0n) is 12.6. The van der Waals surface area contributed by atoms with Crippen molar-refractivity contribution in [2.24, 2.45) is 5.73 Å². The number of ether oxygens (including phenoxy) is 2. The van der Waals surface area contributed by atoms with Gasteiger partial charge in [0.2, 0.25) is 0 Å². The Bertz CT molecular complexity index is 713. The Morgan fingerprint density at radius 3 is 2.62 bits per heavy atom. The minimum Gasteiger partial charge on any atom is -0.493 e. The van der Waals surface area contributed by atoms with E-state index >= 15 is 0 Å². The molecular formula is C15H15F3N2O4. The van der Waals surface area contributed by atoms with Crippen LogP contribution in [0.3, 0.4) is 0 Å². The van der Waals surface area contributed by atoms with Crippen LogP contribution in [0.25, 0.3) is 0 Å². The van der Waals surface area contributed by atoms with Gasteiger partial charge in [-0.3, -0.25) is 4.79 Å². The van der Waals surface area contributed by atoms with Gasteiger partial charge in [0.15, 0.2) is 18.1 Å². The number of nitrogens with two attached hydrogens (primary N) is 1. The van der Waals surface area contributed by atoms with E-state index in [0.29, 0.717) is 5.76 Å². The Balaban J connectivity index is 2.13. The summed E-state index contributed by atoms with van der Waals surface area (Å²) < 4.78 is 51.6. The fourth-order valence-corrected chi connectivity index (χ4v) is 1.84. The molecule has 1 heterocycles. The summed E-state index contributed by atoms with van der Waals surface area (Å²) in [6.07, 6.45) is -3.25. The van der Waals surface area contributed by atoms with Crippen LogP contribution in [0.5, 0.6) is 11.5 Å². The second kappa shape index (κ2) is 7.26. The number of amides is 1. The highest BCUT2D eigenvalue weighted by molar-refractivity contribution is 6.04. The highest BCUT2D eigenvalue weighted by atomic mass is 19.4. The number of furan rings is 1. The van der Waals surface area contributed by atoms with Gasteiger partial charge in [-0.05, 0) is 18.2 Å².